The molecule has 1 unspecified atom stereocenters. The fourth-order valence-corrected chi connectivity index (χ4v) is 0.706. The zero-order valence-electron chi connectivity index (χ0n) is 6.61. The van der Waals surface area contributed by atoms with Gasteiger partial charge in [-0.2, -0.15) is 13.2 Å². The van der Waals surface area contributed by atoms with Crippen LogP contribution in [0.4, 0.5) is 13.2 Å². The highest BCUT2D eigenvalue weighted by Crippen LogP contribution is 2.14. The molecule has 0 aromatic heterocycles. The minimum Gasteiger partial charge on any atom is -0.339 e. The molecule has 0 aliphatic carbocycles. The summed E-state index contributed by atoms with van der Waals surface area (Å²) in [6.45, 7) is 1.13. The van der Waals surface area contributed by atoms with Crippen LogP contribution in [0.3, 0.4) is 0 Å². The van der Waals surface area contributed by atoms with Crippen LogP contribution in [-0.2, 0) is 9.59 Å². The fraction of sp³-hybridized carbons (Fsp3) is 0.667. The van der Waals surface area contributed by atoms with Crippen molar-refractivity contribution in [1.82, 2.24) is 5.32 Å². The number of alkyl halides is 4. The van der Waals surface area contributed by atoms with Gasteiger partial charge in [0, 0.05) is 0 Å². The van der Waals surface area contributed by atoms with Crippen LogP contribution in [0.1, 0.15) is 6.92 Å². The van der Waals surface area contributed by atoms with Crippen LogP contribution in [0.2, 0.25) is 0 Å². The molecule has 3 nitrogen and oxygen atoms in total. The van der Waals surface area contributed by atoms with Gasteiger partial charge in [0.05, 0.1) is 11.9 Å². The second-order valence-corrected chi connectivity index (χ2v) is 2.56. The summed E-state index contributed by atoms with van der Waals surface area (Å²) in [6.07, 6.45) is -4.97. The Hall–Kier alpha value is -0.780. The average molecular weight is 218 g/mol. The van der Waals surface area contributed by atoms with E-state index < -0.39 is 29.8 Å². The maximum Gasteiger partial charge on any atom is 0.471 e. The number of nitrogens with one attached hydrogen (secondary N) is 1. The van der Waals surface area contributed by atoms with Gasteiger partial charge in [-0.1, -0.05) is 0 Å². The van der Waals surface area contributed by atoms with E-state index in [-0.39, 0.29) is 0 Å². The molecule has 0 fully saturated rings. The molecule has 0 rings (SSSR count). The molecular weight excluding hydrogens is 211 g/mol. The van der Waals surface area contributed by atoms with Crippen LogP contribution in [0.25, 0.3) is 0 Å². The molecule has 1 atom stereocenters. The van der Waals surface area contributed by atoms with Crippen molar-refractivity contribution in [3.05, 3.63) is 0 Å². The summed E-state index contributed by atoms with van der Waals surface area (Å²) in [5.74, 6) is -3.24. The summed E-state index contributed by atoms with van der Waals surface area (Å²) in [7, 11) is 0. The Kier molecular flexibility index (Phi) is 4.19. The van der Waals surface area contributed by atoms with E-state index in [1.807, 2.05) is 0 Å². The fourth-order valence-electron chi connectivity index (χ4n) is 0.475. The van der Waals surface area contributed by atoms with Crippen LogP contribution in [-0.4, -0.2) is 29.8 Å². The summed E-state index contributed by atoms with van der Waals surface area (Å²) >= 11 is 5.06. The molecule has 0 saturated carbocycles. The number of Topliss-reactive ketones (excluding diaryl/α,β-unsaturated/α-hetero) is 1. The van der Waals surface area contributed by atoms with Crippen molar-refractivity contribution in [3.63, 3.8) is 0 Å². The number of amides is 1. The first-order chi connectivity index (χ1) is 5.79. The van der Waals surface area contributed by atoms with Crippen LogP contribution in [0.15, 0.2) is 0 Å². The topological polar surface area (TPSA) is 46.2 Å². The standard InChI is InChI=1S/C6H7ClF3NO2/c1-3(4(12)2-7)11-5(13)6(8,9)10/h3H,2H2,1H3,(H,11,13). The lowest BCUT2D eigenvalue weighted by molar-refractivity contribution is -0.174. The first kappa shape index (κ1) is 12.2. The third-order valence-electron chi connectivity index (χ3n) is 1.22. The molecule has 13 heavy (non-hydrogen) atoms. The van der Waals surface area contributed by atoms with E-state index in [0.717, 1.165) is 6.92 Å². The van der Waals surface area contributed by atoms with Crippen LogP contribution in [0.5, 0.6) is 0 Å². The van der Waals surface area contributed by atoms with E-state index in [1.54, 1.807) is 0 Å². The molecule has 1 amide bonds. The maximum absolute atomic E-state index is 11.6. The maximum atomic E-state index is 11.6. The minimum absolute atomic E-state index is 0.431. The molecule has 0 spiro atoms. The van der Waals surface area contributed by atoms with Crippen molar-refractivity contribution >= 4 is 23.3 Å². The molecule has 0 radical (unpaired) electrons. The van der Waals surface area contributed by atoms with Gasteiger partial charge in [0.15, 0.2) is 5.78 Å². The zero-order valence-corrected chi connectivity index (χ0v) is 7.37. The molecule has 0 aromatic rings. The third-order valence-corrected chi connectivity index (χ3v) is 1.48. The Morgan fingerprint density at radius 3 is 2.23 bits per heavy atom. The van der Waals surface area contributed by atoms with Gasteiger partial charge < -0.3 is 5.32 Å². The normalized spacial score (nSPS) is 13.6. The molecule has 0 aromatic carbocycles. The first-order valence-electron chi connectivity index (χ1n) is 3.25. The Morgan fingerprint density at radius 2 is 1.92 bits per heavy atom. The van der Waals surface area contributed by atoms with Gasteiger partial charge >= 0.3 is 12.1 Å². The Balaban J connectivity index is 4.15. The van der Waals surface area contributed by atoms with Crippen LogP contribution < -0.4 is 5.32 Å². The Labute approximate surface area is 77.2 Å². The van der Waals surface area contributed by atoms with Crippen LogP contribution in [0, 0.1) is 0 Å². The largest absolute Gasteiger partial charge is 0.471 e. The van der Waals surface area contributed by atoms with Crippen LogP contribution >= 0.6 is 11.6 Å². The van der Waals surface area contributed by atoms with E-state index in [2.05, 4.69) is 0 Å². The van der Waals surface area contributed by atoms with Crippen molar-refractivity contribution in [2.45, 2.75) is 19.1 Å². The van der Waals surface area contributed by atoms with E-state index in [4.69, 9.17) is 11.6 Å². The molecule has 0 bridgehead atoms. The molecule has 0 aliphatic rings. The minimum atomic E-state index is -4.97. The van der Waals surface area contributed by atoms with Crippen molar-refractivity contribution in [3.8, 4) is 0 Å². The zero-order chi connectivity index (χ0) is 10.6. The van der Waals surface area contributed by atoms with Gasteiger partial charge in [-0.3, -0.25) is 9.59 Å². The van der Waals surface area contributed by atoms with Gasteiger partial charge in [0.25, 0.3) is 0 Å². The number of hydrogen-bond acceptors (Lipinski definition) is 2. The number of carbonyl (C=O) groups is 2. The lowest BCUT2D eigenvalue weighted by Crippen LogP contribution is -2.45. The second-order valence-electron chi connectivity index (χ2n) is 2.29. The van der Waals surface area contributed by atoms with Crippen molar-refractivity contribution in [1.29, 1.82) is 0 Å². The highest BCUT2D eigenvalue weighted by atomic mass is 35.5. The number of carbonyl (C=O) groups excluding carboxylic acids is 2. The summed E-state index contributed by atoms with van der Waals surface area (Å²) in [6, 6.07) is -1.22. The molecule has 0 aliphatic heterocycles. The van der Waals surface area contributed by atoms with Crippen molar-refractivity contribution < 1.29 is 22.8 Å². The highest BCUT2D eigenvalue weighted by Gasteiger charge is 2.39. The van der Waals surface area contributed by atoms with E-state index >= 15 is 0 Å². The summed E-state index contributed by atoms with van der Waals surface area (Å²) in [4.78, 5) is 20.9. The molecule has 0 heterocycles. The smallest absolute Gasteiger partial charge is 0.339 e. The summed E-state index contributed by atoms with van der Waals surface area (Å²) in [5.41, 5.74) is 0. The van der Waals surface area contributed by atoms with Gasteiger partial charge in [-0.25, -0.2) is 0 Å². The van der Waals surface area contributed by atoms with Gasteiger partial charge in [-0.15, -0.1) is 11.6 Å². The summed E-state index contributed by atoms with van der Waals surface area (Å²) < 4.78 is 34.9. The van der Waals surface area contributed by atoms with E-state index in [1.165, 1.54) is 5.32 Å². The predicted octanol–water partition coefficient (Wildman–Crippen LogP) is 0.861. The van der Waals surface area contributed by atoms with Gasteiger partial charge in [-0.05, 0) is 6.92 Å². The summed E-state index contributed by atoms with van der Waals surface area (Å²) in [5, 5.41) is 1.47. The predicted molar refractivity (Wildman–Crippen MR) is 39.4 cm³/mol. The van der Waals surface area contributed by atoms with Gasteiger partial charge in [0.2, 0.25) is 0 Å². The quantitative estimate of drug-likeness (QED) is 0.713. The average Bonchev–Trinajstić information content (AvgIpc) is 2.01. The van der Waals surface area contributed by atoms with E-state index in [9.17, 15) is 22.8 Å². The molecule has 0 saturated heterocycles. The first-order valence-corrected chi connectivity index (χ1v) is 3.79. The Morgan fingerprint density at radius 1 is 1.46 bits per heavy atom. The second kappa shape index (κ2) is 4.45. The number of rotatable bonds is 3. The SMILES string of the molecule is CC(NC(=O)C(F)(F)F)C(=O)CCl. The number of halogens is 4. The highest BCUT2D eigenvalue weighted by molar-refractivity contribution is 6.28. The Bertz CT molecular complexity index is 216. The number of hydrogen-bond donors (Lipinski definition) is 1. The monoisotopic (exact) mass is 217 g/mol. The lowest BCUT2D eigenvalue weighted by atomic mass is 10.2. The number of ketones is 1. The van der Waals surface area contributed by atoms with E-state index in [0.29, 0.717) is 0 Å². The van der Waals surface area contributed by atoms with Crippen molar-refractivity contribution in [2.75, 3.05) is 5.88 Å². The lowest BCUT2D eigenvalue weighted by Gasteiger charge is -2.12. The van der Waals surface area contributed by atoms with Gasteiger partial charge in [0.1, 0.15) is 0 Å². The molecule has 7 heteroatoms. The molecule has 1 N–H and O–H groups in total. The molecule has 76 valence electrons. The van der Waals surface area contributed by atoms with Crippen molar-refractivity contribution in [2.24, 2.45) is 0 Å². The third kappa shape index (κ3) is 4.12. The molecular formula is C6H7ClF3NO2.